The minimum Gasteiger partial charge on any atom is -0.255 e. The fourth-order valence-electron chi connectivity index (χ4n) is 0.532. The first-order valence-electron chi connectivity index (χ1n) is 2.58. The van der Waals surface area contributed by atoms with Crippen LogP contribution in [-0.2, 0) is 10.8 Å². The van der Waals surface area contributed by atoms with Crippen molar-refractivity contribution in [2.75, 3.05) is 17.8 Å². The minimum atomic E-state index is -0.674. The van der Waals surface area contributed by atoms with Gasteiger partial charge in [-0.15, -0.1) is 23.5 Å². The second-order valence-corrected chi connectivity index (χ2v) is 5.22. The lowest BCUT2D eigenvalue weighted by atomic mass is 11.0. The predicted octanol–water partition coefficient (Wildman–Crippen LogP) is 2.28. The van der Waals surface area contributed by atoms with E-state index in [1.165, 1.54) is 4.24 Å². The average Bonchev–Trinajstić information content (AvgIpc) is 1.88. The lowest BCUT2D eigenvalue weighted by molar-refractivity contribution is 0.689. The molecule has 0 saturated carbocycles. The van der Waals surface area contributed by atoms with Gasteiger partial charge in [-0.2, -0.15) is 0 Å². The van der Waals surface area contributed by atoms with Crippen molar-refractivity contribution in [2.45, 2.75) is 7.43 Å². The van der Waals surface area contributed by atoms with E-state index in [1.807, 2.05) is 11.7 Å². The Morgan fingerprint density at radius 2 is 2.50 bits per heavy atom. The fraction of sp³-hybridized carbons (Fsp3) is 0.667. The third-order valence-electron chi connectivity index (χ3n) is 0.958. The van der Waals surface area contributed by atoms with E-state index in [9.17, 15) is 4.21 Å². The molecule has 0 N–H and O–H groups in total. The van der Waals surface area contributed by atoms with Gasteiger partial charge < -0.3 is 0 Å². The summed E-state index contributed by atoms with van der Waals surface area (Å²) in [5.41, 5.74) is 0. The highest BCUT2D eigenvalue weighted by atomic mass is 32.2. The van der Waals surface area contributed by atoms with E-state index in [1.54, 1.807) is 23.5 Å². The summed E-state index contributed by atoms with van der Waals surface area (Å²) in [5.74, 6) is 1.84. The molecule has 1 aliphatic heterocycles. The van der Waals surface area contributed by atoms with Crippen molar-refractivity contribution in [3.63, 3.8) is 0 Å². The molecule has 1 nitrogen and oxygen atoms in total. The normalized spacial score (nSPS) is 24.9. The Hall–Kier alpha value is 0.590. The summed E-state index contributed by atoms with van der Waals surface area (Å²) in [5, 5.41) is 1.85. The van der Waals surface area contributed by atoms with Crippen LogP contribution in [-0.4, -0.2) is 22.0 Å². The van der Waals surface area contributed by atoms with Crippen molar-refractivity contribution in [1.82, 2.24) is 0 Å². The van der Waals surface area contributed by atoms with Gasteiger partial charge in [-0.1, -0.05) is 7.43 Å². The van der Waals surface area contributed by atoms with Gasteiger partial charge in [-0.25, -0.2) is 0 Å². The van der Waals surface area contributed by atoms with Gasteiger partial charge in [0.2, 0.25) is 0 Å². The summed E-state index contributed by atoms with van der Waals surface area (Å²) in [6.07, 6.45) is 2.02. The Morgan fingerprint density at radius 3 is 2.90 bits per heavy atom. The van der Waals surface area contributed by atoms with Crippen molar-refractivity contribution >= 4 is 34.3 Å². The lowest BCUT2D eigenvalue weighted by Gasteiger charge is -2.07. The monoisotopic (exact) mass is 196 g/mol. The first-order chi connectivity index (χ1) is 4.33. The first kappa shape index (κ1) is 10.6. The Labute approximate surface area is 73.5 Å². The van der Waals surface area contributed by atoms with Crippen LogP contribution in [0.2, 0.25) is 0 Å². The van der Waals surface area contributed by atoms with E-state index in [4.69, 9.17) is 0 Å². The molecule has 4 heteroatoms. The maximum atomic E-state index is 10.8. The summed E-state index contributed by atoms with van der Waals surface area (Å²) < 4.78 is 12.0. The van der Waals surface area contributed by atoms with Crippen molar-refractivity contribution in [2.24, 2.45) is 0 Å². The lowest BCUT2D eigenvalue weighted by Crippen LogP contribution is -2.01. The SMILES string of the molecule is C.CSC1=CS(=O)CCS1. The Bertz CT molecular complexity index is 153. The zero-order valence-electron chi connectivity index (χ0n) is 5.12. The maximum absolute atomic E-state index is 10.8. The maximum Gasteiger partial charge on any atom is 0.0487 e. The van der Waals surface area contributed by atoms with Crippen LogP contribution in [0, 0.1) is 0 Å². The largest absolute Gasteiger partial charge is 0.255 e. The summed E-state index contributed by atoms with van der Waals surface area (Å²) >= 11 is 3.48. The Morgan fingerprint density at radius 1 is 1.80 bits per heavy atom. The molecule has 1 unspecified atom stereocenters. The van der Waals surface area contributed by atoms with Gasteiger partial charge in [0.15, 0.2) is 0 Å². The second kappa shape index (κ2) is 5.27. The molecule has 0 aromatic rings. The molecule has 0 aromatic heterocycles. The molecule has 0 aromatic carbocycles. The van der Waals surface area contributed by atoms with E-state index >= 15 is 0 Å². The molecule has 10 heavy (non-hydrogen) atoms. The summed E-state index contributed by atoms with van der Waals surface area (Å²) in [6.45, 7) is 0. The molecule has 60 valence electrons. The molecule has 0 fully saturated rings. The van der Waals surface area contributed by atoms with Crippen LogP contribution in [0.5, 0.6) is 0 Å². The number of hydrogen-bond donors (Lipinski definition) is 0. The molecular weight excluding hydrogens is 184 g/mol. The second-order valence-electron chi connectivity index (χ2n) is 1.57. The van der Waals surface area contributed by atoms with Crippen LogP contribution in [0.1, 0.15) is 7.43 Å². The third kappa shape index (κ3) is 3.12. The molecule has 1 aliphatic rings. The van der Waals surface area contributed by atoms with E-state index in [-0.39, 0.29) is 7.43 Å². The molecule has 0 aliphatic carbocycles. The van der Waals surface area contributed by atoms with Gasteiger partial charge in [0.25, 0.3) is 0 Å². The van der Waals surface area contributed by atoms with Crippen LogP contribution in [0.25, 0.3) is 0 Å². The van der Waals surface area contributed by atoms with Crippen LogP contribution < -0.4 is 0 Å². The van der Waals surface area contributed by atoms with Crippen LogP contribution in [0.3, 0.4) is 0 Å². The van der Waals surface area contributed by atoms with Crippen LogP contribution >= 0.6 is 23.5 Å². The van der Waals surface area contributed by atoms with Gasteiger partial charge in [0.1, 0.15) is 0 Å². The highest BCUT2D eigenvalue weighted by Crippen LogP contribution is 2.29. The number of hydrogen-bond acceptors (Lipinski definition) is 3. The van der Waals surface area contributed by atoms with E-state index < -0.39 is 10.8 Å². The Kier molecular flexibility index (Phi) is 5.58. The standard InChI is InChI=1S/C5H8OS3.CH4/c1-7-5-4-9(6)3-2-8-5;/h4H,2-3H2,1H3;1H4. The molecule has 1 heterocycles. The molecule has 0 bridgehead atoms. The minimum absolute atomic E-state index is 0. The first-order valence-corrected chi connectivity index (χ1v) is 6.18. The number of rotatable bonds is 1. The molecular formula is C6H12OS3. The summed E-state index contributed by atoms with van der Waals surface area (Å²) in [6, 6.07) is 0. The molecule has 1 atom stereocenters. The zero-order valence-corrected chi connectivity index (χ0v) is 7.57. The fourth-order valence-corrected chi connectivity index (χ4v) is 4.08. The zero-order chi connectivity index (χ0) is 6.69. The molecule has 0 amide bonds. The van der Waals surface area contributed by atoms with Crippen molar-refractivity contribution in [1.29, 1.82) is 0 Å². The summed E-state index contributed by atoms with van der Waals surface area (Å²) in [7, 11) is -0.674. The summed E-state index contributed by atoms with van der Waals surface area (Å²) in [4.78, 5) is 0. The number of thioether (sulfide) groups is 2. The highest BCUT2D eigenvalue weighted by molar-refractivity contribution is 8.23. The van der Waals surface area contributed by atoms with Gasteiger partial charge in [0, 0.05) is 32.0 Å². The highest BCUT2D eigenvalue weighted by Gasteiger charge is 2.06. The van der Waals surface area contributed by atoms with E-state index in [0.29, 0.717) is 0 Å². The van der Waals surface area contributed by atoms with E-state index in [2.05, 4.69) is 0 Å². The van der Waals surface area contributed by atoms with Crippen molar-refractivity contribution in [3.05, 3.63) is 9.65 Å². The predicted molar refractivity (Wildman–Crippen MR) is 53.8 cm³/mol. The quantitative estimate of drug-likeness (QED) is 0.640. The third-order valence-corrected chi connectivity index (χ3v) is 4.80. The van der Waals surface area contributed by atoms with Crippen LogP contribution in [0.4, 0.5) is 0 Å². The van der Waals surface area contributed by atoms with Gasteiger partial charge >= 0.3 is 0 Å². The van der Waals surface area contributed by atoms with Crippen LogP contribution in [0.15, 0.2) is 9.65 Å². The van der Waals surface area contributed by atoms with Crippen molar-refractivity contribution in [3.8, 4) is 0 Å². The van der Waals surface area contributed by atoms with Crippen molar-refractivity contribution < 1.29 is 4.21 Å². The topological polar surface area (TPSA) is 17.1 Å². The molecule has 0 saturated heterocycles. The van der Waals surface area contributed by atoms with Gasteiger partial charge in [-0.3, -0.25) is 4.21 Å². The molecule has 1 rings (SSSR count). The molecule has 0 spiro atoms. The van der Waals surface area contributed by atoms with Gasteiger partial charge in [0.05, 0.1) is 0 Å². The van der Waals surface area contributed by atoms with Gasteiger partial charge in [-0.05, 0) is 6.26 Å². The Balaban J connectivity index is 0.000000810. The smallest absolute Gasteiger partial charge is 0.0487 e. The molecule has 0 radical (unpaired) electrons. The average molecular weight is 196 g/mol. The van der Waals surface area contributed by atoms with E-state index in [0.717, 1.165) is 11.5 Å².